The Morgan fingerprint density at radius 3 is 0.990 bits per heavy atom. The fourth-order valence-electron chi connectivity index (χ4n) is 14.6. The van der Waals surface area contributed by atoms with Crippen molar-refractivity contribution in [2.75, 3.05) is 95.3 Å². The fraction of sp³-hybridized carbons (Fsp3) is 0.569. The van der Waals surface area contributed by atoms with Gasteiger partial charge in [-0.1, -0.05) is 27.7 Å². The molecular formula is C65H83F4N21O9. The van der Waals surface area contributed by atoms with Crippen molar-refractivity contribution >= 4 is 45.9 Å². The average molecular weight is 1380 g/mol. The molecule has 12 heterocycles. The van der Waals surface area contributed by atoms with Gasteiger partial charge in [-0.05, 0) is 138 Å². The molecule has 4 aliphatic carbocycles. The van der Waals surface area contributed by atoms with E-state index in [0.717, 1.165) is 146 Å². The maximum Gasteiger partial charge on any atom is 0.355 e. The summed E-state index contributed by atoms with van der Waals surface area (Å²) in [4.78, 5) is 123. The average Bonchev–Trinajstić information content (AvgIpc) is 1.56. The third-order valence-electron chi connectivity index (χ3n) is 21.0. The lowest BCUT2D eigenvalue weighted by atomic mass is 9.78. The number of aliphatic hydroxyl groups excluding tert-OH is 1. The van der Waals surface area contributed by atoms with E-state index in [1.165, 1.54) is 0 Å². The van der Waals surface area contributed by atoms with E-state index in [-0.39, 0.29) is 92.8 Å². The molecule has 8 fully saturated rings. The van der Waals surface area contributed by atoms with E-state index < -0.39 is 74.4 Å². The highest BCUT2D eigenvalue weighted by Gasteiger charge is 2.44. The molecule has 34 heteroatoms. The number of nitrogens with zero attached hydrogens (tertiary/aromatic N) is 16. The molecule has 99 heavy (non-hydrogen) atoms. The zero-order chi connectivity index (χ0) is 70.9. The first-order chi connectivity index (χ1) is 46.9. The summed E-state index contributed by atoms with van der Waals surface area (Å²) in [7, 11) is 0. The lowest BCUT2D eigenvalue weighted by Gasteiger charge is -2.27. The summed E-state index contributed by atoms with van der Waals surface area (Å²) in [6, 6.07) is -0.0393. The van der Waals surface area contributed by atoms with E-state index in [0.29, 0.717) is 79.0 Å². The van der Waals surface area contributed by atoms with Crippen LogP contribution in [0.5, 0.6) is 0 Å². The van der Waals surface area contributed by atoms with Crippen LogP contribution in [0.25, 0.3) is 22.6 Å². The Kier molecular flexibility index (Phi) is 17.6. The summed E-state index contributed by atoms with van der Waals surface area (Å²) in [5.74, 6) is 21.9. The van der Waals surface area contributed by atoms with Crippen molar-refractivity contribution in [3.05, 3.63) is 154 Å². The zero-order valence-corrected chi connectivity index (χ0v) is 56.0. The van der Waals surface area contributed by atoms with Gasteiger partial charge in [0, 0.05) is 64.3 Å². The number of hydrogen-bond donors (Lipinski definition) is 6. The molecule has 11 N–H and O–H groups in total. The Bertz CT molecular complexity index is 4940. The highest BCUT2D eigenvalue weighted by Crippen LogP contribution is 2.44. The highest BCUT2D eigenvalue weighted by atomic mass is 19.1. The molecule has 30 nitrogen and oxygen atoms in total. The van der Waals surface area contributed by atoms with Crippen LogP contribution < -0.4 is 93.7 Å². The summed E-state index contributed by atoms with van der Waals surface area (Å²) in [5.41, 5.74) is 3.14. The van der Waals surface area contributed by atoms with Crippen LogP contribution in [0, 0.1) is 52.4 Å². The van der Waals surface area contributed by atoms with Crippen molar-refractivity contribution in [2.45, 2.75) is 154 Å². The van der Waals surface area contributed by atoms with E-state index in [1.54, 1.807) is 11.8 Å². The third-order valence-corrected chi connectivity index (χ3v) is 21.0. The van der Waals surface area contributed by atoms with Crippen LogP contribution in [0.1, 0.15) is 165 Å². The second-order valence-corrected chi connectivity index (χ2v) is 29.0. The number of hydrogen-bond acceptors (Lipinski definition) is 22. The normalized spacial score (nSPS) is 21.2. The molecule has 4 aliphatic heterocycles. The van der Waals surface area contributed by atoms with Crippen molar-refractivity contribution in [1.82, 2.24) is 56.2 Å². The van der Waals surface area contributed by atoms with Crippen LogP contribution in [-0.2, 0) is 0 Å². The van der Waals surface area contributed by atoms with Crippen LogP contribution in [0.4, 0.5) is 40.8 Å². The van der Waals surface area contributed by atoms with E-state index in [2.05, 4.69) is 47.6 Å². The summed E-state index contributed by atoms with van der Waals surface area (Å²) >= 11 is 0. The maximum absolute atomic E-state index is 14.9. The number of fused-ring (bicyclic) bond motifs is 4. The second-order valence-electron chi connectivity index (χ2n) is 29.0. The number of aromatic nitrogens is 12. The number of nitrogen functional groups attached to an aromatic ring is 4. The number of nitrogens with two attached hydrogens (primary N) is 5. The molecule has 0 aromatic carbocycles. The van der Waals surface area contributed by atoms with Gasteiger partial charge in [0.1, 0.15) is 0 Å². The Labute approximate surface area is 561 Å². The van der Waals surface area contributed by atoms with Gasteiger partial charge in [0.05, 0.1) is 53.1 Å². The van der Waals surface area contributed by atoms with Gasteiger partial charge in [0.15, 0.2) is 69.1 Å². The first kappa shape index (κ1) is 67.9. The largest absolute Gasteiger partial charge is 0.393 e. The summed E-state index contributed by atoms with van der Waals surface area (Å²) in [6.45, 7) is 17.3. The van der Waals surface area contributed by atoms with Crippen molar-refractivity contribution in [2.24, 2.45) is 34.8 Å². The molecule has 5 atom stereocenters. The van der Waals surface area contributed by atoms with E-state index in [9.17, 15) is 61.0 Å². The smallest absolute Gasteiger partial charge is 0.355 e. The molecule has 0 amide bonds. The van der Waals surface area contributed by atoms with Gasteiger partial charge in [0.25, 0.3) is 22.2 Å². The molecule has 0 bridgehead atoms. The molecule has 8 aliphatic rings. The second kappa shape index (κ2) is 25.6. The highest BCUT2D eigenvalue weighted by molar-refractivity contribution is 5.60. The van der Waals surface area contributed by atoms with Gasteiger partial charge in [0.2, 0.25) is 0 Å². The zero-order valence-electron chi connectivity index (χ0n) is 56.0. The van der Waals surface area contributed by atoms with Gasteiger partial charge >= 0.3 is 22.8 Å². The molecule has 4 unspecified atom stereocenters. The number of aliphatic hydroxyl groups is 1. The third kappa shape index (κ3) is 12.4. The van der Waals surface area contributed by atoms with Crippen LogP contribution in [0.15, 0.2) is 63.1 Å². The monoisotopic (exact) mass is 1380 g/mol. The van der Waals surface area contributed by atoms with E-state index >= 15 is 0 Å². The van der Waals surface area contributed by atoms with Crippen LogP contribution >= 0.6 is 0 Å². The van der Waals surface area contributed by atoms with Crippen molar-refractivity contribution in [3.63, 3.8) is 0 Å². The summed E-state index contributed by atoms with van der Waals surface area (Å²) < 4.78 is 64.8. The lowest BCUT2D eigenvalue weighted by Crippen LogP contribution is -2.44. The molecule has 8 aromatic heterocycles. The van der Waals surface area contributed by atoms with Gasteiger partial charge in [-0.25, -0.2) is 74.3 Å². The SMILES string of the molecule is CC(C)[C@@H]1CCN(c2nc3c(C4CC4)c(=O)n(N)c(=O)n3cc2F)C1.CC(N)C1CN(c2nc3c(C4CC4)c(=O)n(N)c(=O)n3cc2F)CC1(C)C.CC(O)C1CCN(c2nc3c(C4CC4)c(=O)n(N)c(=O)n3cc2F)C1.Nn1c(=O)c(C2CC2)c2nc(N3CCCC3)c(F)cn2c1=O. The van der Waals surface area contributed by atoms with Gasteiger partial charge in [-0.2, -0.15) is 18.7 Å². The van der Waals surface area contributed by atoms with Gasteiger partial charge < -0.3 is 53.8 Å². The minimum absolute atomic E-state index is 0.00695. The molecule has 530 valence electrons. The first-order valence-corrected chi connectivity index (χ1v) is 33.9. The molecule has 8 aromatic rings. The van der Waals surface area contributed by atoms with Gasteiger partial charge in [-0.15, -0.1) is 0 Å². The number of halogens is 4. The maximum atomic E-state index is 14.9. The summed E-state index contributed by atoms with van der Waals surface area (Å²) in [5, 5.41) is 9.74. The Morgan fingerprint density at radius 2 is 0.727 bits per heavy atom. The van der Waals surface area contributed by atoms with E-state index in [4.69, 9.17) is 29.1 Å². The minimum Gasteiger partial charge on any atom is -0.393 e. The lowest BCUT2D eigenvalue weighted by molar-refractivity contribution is 0.136. The van der Waals surface area contributed by atoms with Crippen LogP contribution in [-0.4, -0.2) is 126 Å². The molecule has 4 saturated heterocycles. The molecular weight excluding hydrogens is 1290 g/mol. The Balaban J connectivity index is 0.000000119. The van der Waals surface area contributed by atoms with Crippen LogP contribution in [0.3, 0.4) is 0 Å². The predicted molar refractivity (Wildman–Crippen MR) is 363 cm³/mol. The number of anilines is 4. The number of rotatable bonds is 11. The standard InChI is InChI=1S/C18H25FN6O2.C17H22FN5O2.C16H20FN5O3.C14H16FN5O2/c1-9(20)11-6-23(8-18(11,2)3)14-12(19)7-24-15(22-14)13(10-4-5-10)16(26)25(21)17(24)27;1-9(2)11-5-6-21(7-11)14-12(18)8-22-15(20-14)13(10-3-4-10)16(24)23(19)17(22)25;1-8(23)10-4-5-20(6-10)13-11(17)7-21-14(19-13)12(9-2-3-9)15(24)22(18)16(21)25;15-9-7-19-12(17-11(9)18-5-1-2-6-18)10(8-3-4-8)13(21)20(16)14(19)22/h7,9-11H,4-6,8,20-21H2,1-3H3;8-11H,3-7,19H2,1-2H3;7-10,23H,2-6,18H2,1H3;7-8H,1-6,16H2/t;11-;;/m.1../s1. The van der Waals surface area contributed by atoms with Crippen molar-refractivity contribution in [1.29, 1.82) is 0 Å². The minimum atomic E-state index is -0.814. The van der Waals surface area contributed by atoms with Crippen LogP contribution in [0.2, 0.25) is 0 Å². The quantitative estimate of drug-likeness (QED) is 0.0788. The predicted octanol–water partition coefficient (Wildman–Crippen LogP) is 1.45. The molecule has 4 saturated carbocycles. The van der Waals surface area contributed by atoms with Crippen molar-refractivity contribution in [3.8, 4) is 0 Å². The Hall–Kier alpha value is -9.60. The van der Waals surface area contributed by atoms with Gasteiger partial charge in [-0.3, -0.25) is 19.2 Å². The topological polar surface area (TPSA) is 389 Å². The fourth-order valence-corrected chi connectivity index (χ4v) is 14.6. The molecule has 0 radical (unpaired) electrons. The van der Waals surface area contributed by atoms with E-state index in [1.807, 2.05) is 21.6 Å². The molecule has 0 spiro atoms. The summed E-state index contributed by atoms with van der Waals surface area (Å²) in [6.07, 6.45) is 14.3. The first-order valence-electron chi connectivity index (χ1n) is 33.9. The Morgan fingerprint density at radius 1 is 0.434 bits per heavy atom. The van der Waals surface area contributed by atoms with Crippen molar-refractivity contribution < 1.29 is 22.7 Å². The molecule has 16 rings (SSSR count).